The molecule has 4 nitrogen and oxygen atoms in total. The third kappa shape index (κ3) is 4.14. The maximum absolute atomic E-state index is 13.0. The van der Waals surface area contributed by atoms with Gasteiger partial charge in [-0.05, 0) is 34.7 Å². The van der Waals surface area contributed by atoms with Gasteiger partial charge in [-0.15, -0.1) is 0 Å². The summed E-state index contributed by atoms with van der Waals surface area (Å²) >= 11 is 0. The standard InChI is InChI=1S/C20H32O4Si/c1-8-13-20(6,7)25(14(2)3,15(4)5)24-19(23)17-12-10-9-11-16(17)18(21)22/h9-12,14-15H,8,13H2,1-7H3,(H,21,22). The van der Waals surface area contributed by atoms with E-state index in [1.807, 2.05) is 0 Å². The van der Waals surface area contributed by atoms with Gasteiger partial charge in [-0.25, -0.2) is 9.59 Å². The van der Waals surface area contributed by atoms with E-state index in [4.69, 9.17) is 4.43 Å². The van der Waals surface area contributed by atoms with Gasteiger partial charge in [0.1, 0.15) is 0 Å². The van der Waals surface area contributed by atoms with Gasteiger partial charge in [0, 0.05) is 0 Å². The number of hydrogen-bond acceptors (Lipinski definition) is 3. The fourth-order valence-electron chi connectivity index (χ4n) is 4.48. The second kappa shape index (κ2) is 8.17. The first-order chi connectivity index (χ1) is 11.5. The van der Waals surface area contributed by atoms with E-state index in [0.717, 1.165) is 12.8 Å². The van der Waals surface area contributed by atoms with Gasteiger partial charge in [-0.2, -0.15) is 0 Å². The summed E-state index contributed by atoms with van der Waals surface area (Å²) in [4.78, 5) is 24.5. The van der Waals surface area contributed by atoms with Crippen molar-refractivity contribution in [2.45, 2.75) is 77.4 Å². The number of carbonyl (C=O) groups is 2. The van der Waals surface area contributed by atoms with Crippen LogP contribution in [0.15, 0.2) is 24.3 Å². The number of carbonyl (C=O) groups excluding carboxylic acids is 1. The summed E-state index contributed by atoms with van der Waals surface area (Å²) in [6, 6.07) is 6.29. The maximum atomic E-state index is 13.0. The van der Waals surface area contributed by atoms with Crippen molar-refractivity contribution in [3.8, 4) is 0 Å². The van der Waals surface area contributed by atoms with Crippen molar-refractivity contribution >= 4 is 20.3 Å². The number of rotatable bonds is 8. The maximum Gasteiger partial charge on any atom is 0.336 e. The summed E-state index contributed by atoms with van der Waals surface area (Å²) in [7, 11) is -2.54. The second-order valence-electron chi connectivity index (χ2n) is 7.98. The van der Waals surface area contributed by atoms with Gasteiger partial charge >= 0.3 is 11.9 Å². The molecule has 5 heteroatoms. The molecule has 0 aromatic heterocycles. The Balaban J connectivity index is 3.41. The molecule has 140 valence electrons. The fourth-order valence-corrected chi connectivity index (χ4v) is 10.7. The van der Waals surface area contributed by atoms with E-state index in [9.17, 15) is 14.7 Å². The van der Waals surface area contributed by atoms with Crippen LogP contribution in [0.5, 0.6) is 0 Å². The highest BCUT2D eigenvalue weighted by molar-refractivity contribution is 6.80. The molecule has 0 aliphatic carbocycles. The van der Waals surface area contributed by atoms with Crippen LogP contribution in [0.3, 0.4) is 0 Å². The minimum atomic E-state index is -2.54. The average molecular weight is 365 g/mol. The normalized spacial score (nSPS) is 12.5. The van der Waals surface area contributed by atoms with Crippen molar-refractivity contribution in [3.63, 3.8) is 0 Å². The van der Waals surface area contributed by atoms with Crippen LogP contribution in [0.1, 0.15) is 82.0 Å². The van der Waals surface area contributed by atoms with Crippen molar-refractivity contribution in [2.75, 3.05) is 0 Å². The molecule has 0 amide bonds. The lowest BCUT2D eigenvalue weighted by atomic mass is 10.1. The highest BCUT2D eigenvalue weighted by atomic mass is 28.4. The Hall–Kier alpha value is -1.62. The Bertz CT molecular complexity index is 612. The van der Waals surface area contributed by atoms with Crippen LogP contribution in [0.2, 0.25) is 16.1 Å². The molecule has 1 aromatic rings. The lowest BCUT2D eigenvalue weighted by molar-refractivity contribution is 0.0651. The minimum Gasteiger partial charge on any atom is -0.514 e. The largest absolute Gasteiger partial charge is 0.514 e. The molecule has 0 bridgehead atoms. The van der Waals surface area contributed by atoms with Crippen LogP contribution in [0.4, 0.5) is 0 Å². The highest BCUT2D eigenvalue weighted by Gasteiger charge is 2.56. The molecule has 25 heavy (non-hydrogen) atoms. The van der Waals surface area contributed by atoms with Crippen LogP contribution >= 0.6 is 0 Å². The molecule has 0 saturated heterocycles. The summed E-state index contributed by atoms with van der Waals surface area (Å²) in [5.41, 5.74) is 0.599. The summed E-state index contributed by atoms with van der Waals surface area (Å²) in [6.07, 6.45) is 1.99. The van der Waals surface area contributed by atoms with Gasteiger partial charge in [0.05, 0.1) is 11.1 Å². The molecule has 0 fully saturated rings. The van der Waals surface area contributed by atoms with Gasteiger partial charge < -0.3 is 9.53 Å². The summed E-state index contributed by atoms with van der Waals surface area (Å²) < 4.78 is 6.29. The van der Waals surface area contributed by atoms with Crippen molar-refractivity contribution in [1.82, 2.24) is 0 Å². The number of aromatic carboxylic acids is 1. The van der Waals surface area contributed by atoms with E-state index < -0.39 is 20.3 Å². The van der Waals surface area contributed by atoms with Crippen molar-refractivity contribution in [1.29, 1.82) is 0 Å². The van der Waals surface area contributed by atoms with Crippen LogP contribution in [0, 0.1) is 0 Å². The Morgan fingerprint density at radius 2 is 1.56 bits per heavy atom. The Morgan fingerprint density at radius 3 is 1.96 bits per heavy atom. The van der Waals surface area contributed by atoms with Crippen molar-refractivity contribution < 1.29 is 19.1 Å². The van der Waals surface area contributed by atoms with E-state index in [2.05, 4.69) is 48.5 Å². The van der Waals surface area contributed by atoms with E-state index >= 15 is 0 Å². The van der Waals surface area contributed by atoms with Crippen LogP contribution < -0.4 is 0 Å². The molecular weight excluding hydrogens is 332 g/mol. The van der Waals surface area contributed by atoms with Crippen LogP contribution in [0.25, 0.3) is 0 Å². The van der Waals surface area contributed by atoms with Gasteiger partial charge in [0.2, 0.25) is 0 Å². The summed E-state index contributed by atoms with van der Waals surface area (Å²) in [5, 5.41) is 9.28. The van der Waals surface area contributed by atoms with Crippen LogP contribution in [-0.2, 0) is 4.43 Å². The van der Waals surface area contributed by atoms with Crippen molar-refractivity contribution in [3.05, 3.63) is 35.4 Å². The van der Waals surface area contributed by atoms with E-state index in [0.29, 0.717) is 0 Å². The molecule has 0 unspecified atom stereocenters. The molecule has 1 rings (SSSR count). The zero-order valence-corrected chi connectivity index (χ0v) is 17.6. The number of hydrogen-bond donors (Lipinski definition) is 1. The highest BCUT2D eigenvalue weighted by Crippen LogP contribution is 2.54. The predicted molar refractivity (Wildman–Crippen MR) is 104 cm³/mol. The Labute approximate surface area is 152 Å². The first-order valence-corrected chi connectivity index (χ1v) is 11.1. The third-order valence-corrected chi connectivity index (χ3v) is 11.6. The van der Waals surface area contributed by atoms with E-state index in [1.165, 1.54) is 6.07 Å². The molecule has 1 N–H and O–H groups in total. The zero-order valence-electron chi connectivity index (χ0n) is 16.6. The molecule has 0 aliphatic heterocycles. The van der Waals surface area contributed by atoms with E-state index in [1.54, 1.807) is 18.2 Å². The molecule has 1 aromatic carbocycles. The van der Waals surface area contributed by atoms with Gasteiger partial charge in [0.15, 0.2) is 0 Å². The minimum absolute atomic E-state index is 0.00351. The first kappa shape index (κ1) is 21.4. The Morgan fingerprint density at radius 1 is 1.08 bits per heavy atom. The number of carboxylic acids is 1. The lowest BCUT2D eigenvalue weighted by Crippen LogP contribution is -2.55. The van der Waals surface area contributed by atoms with Crippen molar-refractivity contribution in [2.24, 2.45) is 0 Å². The monoisotopic (exact) mass is 364 g/mol. The van der Waals surface area contributed by atoms with Gasteiger partial charge in [0.25, 0.3) is 8.32 Å². The third-order valence-electron chi connectivity index (χ3n) is 5.29. The molecule has 0 heterocycles. The first-order valence-electron chi connectivity index (χ1n) is 9.06. The molecule has 0 spiro atoms. The fraction of sp³-hybridized carbons (Fsp3) is 0.600. The topological polar surface area (TPSA) is 63.6 Å². The molecular formula is C20H32O4Si. The lowest BCUT2D eigenvalue weighted by Gasteiger charge is -2.49. The predicted octanol–water partition coefficient (Wildman–Crippen LogP) is 5.89. The zero-order chi connectivity index (χ0) is 19.4. The molecule has 0 atom stereocenters. The van der Waals surface area contributed by atoms with Gasteiger partial charge in [-0.1, -0.05) is 67.0 Å². The summed E-state index contributed by atoms with van der Waals surface area (Å²) in [6.45, 7) is 15.0. The number of benzene rings is 1. The quantitative estimate of drug-likeness (QED) is 0.584. The molecule has 0 aliphatic rings. The smallest absolute Gasteiger partial charge is 0.336 e. The van der Waals surface area contributed by atoms with Gasteiger partial charge in [-0.3, -0.25) is 0 Å². The Kier molecular flexibility index (Phi) is 7.00. The SMILES string of the molecule is CCCC(C)(C)[Si](OC(=O)c1ccccc1C(=O)O)(C(C)C)C(C)C. The summed E-state index contributed by atoms with van der Waals surface area (Å²) in [5.74, 6) is -1.61. The van der Waals surface area contributed by atoms with Crippen LogP contribution in [-0.4, -0.2) is 25.4 Å². The second-order valence-corrected chi connectivity index (χ2v) is 13.4. The molecule has 0 saturated carbocycles. The van der Waals surface area contributed by atoms with E-state index in [-0.39, 0.29) is 27.2 Å². The average Bonchev–Trinajstić information content (AvgIpc) is 2.51. The molecule has 0 radical (unpaired) electrons. The number of carboxylic acid groups (broad SMARTS) is 1.